The highest BCUT2D eigenvalue weighted by Crippen LogP contribution is 2.46. The van der Waals surface area contributed by atoms with Crippen molar-refractivity contribution in [3.63, 3.8) is 0 Å². The summed E-state index contributed by atoms with van der Waals surface area (Å²) in [4.78, 5) is 4.76. The van der Waals surface area contributed by atoms with Crippen molar-refractivity contribution in [1.29, 1.82) is 0 Å². The van der Waals surface area contributed by atoms with E-state index in [0.717, 1.165) is 61.4 Å². The minimum atomic E-state index is 0.890. The Morgan fingerprint density at radius 2 is 0.842 bits per heavy atom. The molecule has 0 unspecified atom stereocenters. The molecule has 0 bridgehead atoms. The van der Waals surface area contributed by atoms with Gasteiger partial charge in [0.25, 0.3) is 0 Å². The quantitative estimate of drug-likeness (QED) is 0.152. The van der Waals surface area contributed by atoms with Crippen LogP contribution in [0.2, 0.25) is 0 Å². The molecule has 11 aromatic rings. The Bertz CT molecular complexity index is 3240. The first-order valence-corrected chi connectivity index (χ1v) is 19.4. The Morgan fingerprint density at radius 1 is 0.263 bits per heavy atom. The van der Waals surface area contributed by atoms with Crippen LogP contribution in [-0.2, 0) is 0 Å². The molecule has 0 aliphatic rings. The third-order valence-electron chi connectivity index (χ3n) is 11.2. The van der Waals surface area contributed by atoms with Crippen molar-refractivity contribution in [1.82, 2.24) is 0 Å². The van der Waals surface area contributed by atoms with Crippen LogP contribution in [0.5, 0.6) is 0 Å². The van der Waals surface area contributed by atoms with Crippen LogP contribution in [0.4, 0.5) is 34.1 Å². The molecule has 3 nitrogen and oxygen atoms in total. The van der Waals surface area contributed by atoms with E-state index >= 15 is 0 Å². The normalized spacial score (nSPS) is 11.5. The molecule has 268 valence electrons. The van der Waals surface area contributed by atoms with Crippen LogP contribution in [0.15, 0.2) is 223 Å². The van der Waals surface area contributed by atoms with Crippen molar-refractivity contribution >= 4 is 88.4 Å². The number of fused-ring (bicyclic) bond motifs is 7. The molecule has 0 saturated carbocycles. The average molecular weight is 729 g/mol. The number of furan rings is 1. The fourth-order valence-electron chi connectivity index (χ4n) is 8.46. The van der Waals surface area contributed by atoms with Gasteiger partial charge >= 0.3 is 0 Å². The minimum absolute atomic E-state index is 0.890. The summed E-state index contributed by atoms with van der Waals surface area (Å²) in [6, 6.07) is 78.3. The Labute approximate surface area is 330 Å². The summed E-state index contributed by atoms with van der Waals surface area (Å²) in [6.07, 6.45) is 0. The van der Waals surface area contributed by atoms with Crippen molar-refractivity contribution in [2.75, 3.05) is 9.80 Å². The first kappa shape index (κ1) is 32.8. The van der Waals surface area contributed by atoms with E-state index in [9.17, 15) is 0 Å². The Morgan fingerprint density at radius 3 is 1.65 bits per heavy atom. The predicted molar refractivity (Wildman–Crippen MR) is 241 cm³/mol. The van der Waals surface area contributed by atoms with Crippen molar-refractivity contribution < 1.29 is 4.42 Å². The molecule has 1 heterocycles. The van der Waals surface area contributed by atoms with E-state index in [0.29, 0.717) is 0 Å². The third-order valence-corrected chi connectivity index (χ3v) is 11.2. The molecule has 0 fully saturated rings. The molecular weight excluding hydrogens is 693 g/mol. The molecule has 0 spiro atoms. The van der Waals surface area contributed by atoms with E-state index in [-0.39, 0.29) is 0 Å². The number of anilines is 6. The van der Waals surface area contributed by atoms with Gasteiger partial charge in [0.15, 0.2) is 0 Å². The third kappa shape index (κ3) is 5.76. The molecule has 11 rings (SSSR count). The molecular formula is C54H36N2O. The fraction of sp³-hybridized carbons (Fsp3) is 0. The molecule has 0 aliphatic carbocycles. The standard InChI is InChI=1S/C54H36N2O/c1-3-14-37(15-4-1)39-26-29-43(30-27-39)55(42-18-5-2-6-19-42)44-20-13-21-45(35-44)56(46-31-28-38-16-7-8-17-40(38)32-46)52-33-41-34-54-51(49-24-11-12-25-53(49)57-54)36-50(41)47-22-9-10-23-48(47)52/h1-36H. The van der Waals surface area contributed by atoms with Crippen LogP contribution in [0, 0.1) is 0 Å². The molecule has 3 heteroatoms. The number of hydrogen-bond acceptors (Lipinski definition) is 3. The fourth-order valence-corrected chi connectivity index (χ4v) is 8.46. The monoisotopic (exact) mass is 728 g/mol. The van der Waals surface area contributed by atoms with Crippen LogP contribution < -0.4 is 9.80 Å². The van der Waals surface area contributed by atoms with Crippen molar-refractivity contribution in [3.8, 4) is 11.1 Å². The van der Waals surface area contributed by atoms with Gasteiger partial charge in [-0.05, 0) is 117 Å². The molecule has 0 N–H and O–H groups in total. The van der Waals surface area contributed by atoms with Gasteiger partial charge in [0, 0.05) is 44.6 Å². The highest BCUT2D eigenvalue weighted by atomic mass is 16.3. The summed E-state index contributed by atoms with van der Waals surface area (Å²) < 4.78 is 6.43. The SMILES string of the molecule is c1ccc(-c2ccc(N(c3ccccc3)c3cccc(N(c4ccc5ccccc5c4)c4cc5cc6oc7ccccc7c6cc5c5ccccc45)c3)cc2)cc1. The van der Waals surface area contributed by atoms with Gasteiger partial charge in [-0.15, -0.1) is 0 Å². The smallest absolute Gasteiger partial charge is 0.136 e. The average Bonchev–Trinajstić information content (AvgIpc) is 3.64. The lowest BCUT2D eigenvalue weighted by Crippen LogP contribution is -2.13. The van der Waals surface area contributed by atoms with Crippen molar-refractivity contribution in [2.45, 2.75) is 0 Å². The second-order valence-electron chi connectivity index (χ2n) is 14.6. The van der Waals surface area contributed by atoms with E-state index in [4.69, 9.17) is 4.42 Å². The van der Waals surface area contributed by atoms with E-state index < -0.39 is 0 Å². The Hall–Kier alpha value is -7.62. The Balaban J connectivity index is 1.13. The number of para-hydroxylation sites is 2. The maximum absolute atomic E-state index is 6.43. The summed E-state index contributed by atoms with van der Waals surface area (Å²) in [5.74, 6) is 0. The summed E-state index contributed by atoms with van der Waals surface area (Å²) >= 11 is 0. The maximum Gasteiger partial charge on any atom is 0.136 e. The number of hydrogen-bond donors (Lipinski definition) is 0. The van der Waals surface area contributed by atoms with E-state index in [2.05, 4.69) is 216 Å². The van der Waals surface area contributed by atoms with E-state index in [1.807, 2.05) is 12.1 Å². The highest BCUT2D eigenvalue weighted by molar-refractivity contribution is 6.20. The predicted octanol–water partition coefficient (Wildman–Crippen LogP) is 15.7. The molecule has 0 atom stereocenters. The first-order chi connectivity index (χ1) is 28.2. The largest absolute Gasteiger partial charge is 0.456 e. The second-order valence-corrected chi connectivity index (χ2v) is 14.6. The lowest BCUT2D eigenvalue weighted by atomic mass is 9.97. The van der Waals surface area contributed by atoms with Crippen LogP contribution in [-0.4, -0.2) is 0 Å². The van der Waals surface area contributed by atoms with E-state index in [1.165, 1.54) is 38.1 Å². The molecule has 57 heavy (non-hydrogen) atoms. The summed E-state index contributed by atoms with van der Waals surface area (Å²) in [5.41, 5.74) is 10.6. The second kappa shape index (κ2) is 13.6. The van der Waals surface area contributed by atoms with Crippen LogP contribution >= 0.6 is 0 Å². The zero-order valence-corrected chi connectivity index (χ0v) is 31.1. The van der Waals surface area contributed by atoms with Gasteiger partial charge in [0.2, 0.25) is 0 Å². The molecule has 0 saturated heterocycles. The van der Waals surface area contributed by atoms with Gasteiger partial charge < -0.3 is 14.2 Å². The summed E-state index contributed by atoms with van der Waals surface area (Å²) in [6.45, 7) is 0. The van der Waals surface area contributed by atoms with Crippen molar-refractivity contribution in [2.24, 2.45) is 0 Å². The van der Waals surface area contributed by atoms with Crippen LogP contribution in [0.3, 0.4) is 0 Å². The van der Waals surface area contributed by atoms with Crippen LogP contribution in [0.1, 0.15) is 0 Å². The van der Waals surface area contributed by atoms with Crippen LogP contribution in [0.25, 0.3) is 65.4 Å². The molecule has 1 aromatic heterocycles. The highest BCUT2D eigenvalue weighted by Gasteiger charge is 2.21. The molecule has 0 aliphatic heterocycles. The molecule has 10 aromatic carbocycles. The summed E-state index contributed by atoms with van der Waals surface area (Å²) in [5, 5.41) is 9.37. The lowest BCUT2D eigenvalue weighted by molar-refractivity contribution is 0.669. The van der Waals surface area contributed by atoms with Gasteiger partial charge in [0.1, 0.15) is 11.2 Å². The Kier molecular flexibility index (Phi) is 7.82. The topological polar surface area (TPSA) is 19.6 Å². The zero-order valence-electron chi connectivity index (χ0n) is 31.1. The van der Waals surface area contributed by atoms with E-state index in [1.54, 1.807) is 0 Å². The zero-order chi connectivity index (χ0) is 37.7. The van der Waals surface area contributed by atoms with Gasteiger partial charge in [0.05, 0.1) is 5.69 Å². The molecule has 0 radical (unpaired) electrons. The van der Waals surface area contributed by atoms with Gasteiger partial charge in [-0.2, -0.15) is 0 Å². The minimum Gasteiger partial charge on any atom is -0.456 e. The first-order valence-electron chi connectivity index (χ1n) is 19.4. The number of benzene rings is 10. The molecule has 0 amide bonds. The summed E-state index contributed by atoms with van der Waals surface area (Å²) in [7, 11) is 0. The lowest BCUT2D eigenvalue weighted by Gasteiger charge is -2.30. The van der Waals surface area contributed by atoms with Gasteiger partial charge in [-0.3, -0.25) is 0 Å². The van der Waals surface area contributed by atoms with Gasteiger partial charge in [-0.1, -0.05) is 140 Å². The van der Waals surface area contributed by atoms with Crippen molar-refractivity contribution in [3.05, 3.63) is 218 Å². The number of nitrogens with zero attached hydrogens (tertiary/aromatic N) is 2. The van der Waals surface area contributed by atoms with Gasteiger partial charge in [-0.25, -0.2) is 0 Å². The maximum atomic E-state index is 6.43. The number of rotatable bonds is 7.